The second-order valence-electron chi connectivity index (χ2n) is 26.4. The quantitative estimate of drug-likeness (QED) is 0.0192. The fourth-order valence-electron chi connectivity index (χ4n) is 11.5. The number of imidazole rings is 1. The van der Waals surface area contributed by atoms with Gasteiger partial charge in [0.05, 0.1) is 58.2 Å². The summed E-state index contributed by atoms with van der Waals surface area (Å²) in [6.45, 7) is 7.96. The van der Waals surface area contributed by atoms with Crippen molar-refractivity contribution in [2.45, 2.75) is 128 Å². The lowest BCUT2D eigenvalue weighted by Crippen LogP contribution is -2.60. The lowest BCUT2D eigenvalue weighted by molar-refractivity contribution is -0.140. The normalized spacial score (nSPS) is 15.9. The molecule has 10 amide bonds. The highest BCUT2D eigenvalue weighted by molar-refractivity contribution is 7.98. The molecule has 5 rings (SSSR count). The van der Waals surface area contributed by atoms with Crippen LogP contribution in [-0.2, 0) is 76.9 Å². The number of benzene rings is 2. The Bertz CT molecular complexity index is 3570. The number of ether oxygens (including phenoxy) is 1. The van der Waals surface area contributed by atoms with E-state index in [1.807, 2.05) is 20.1 Å². The standard InChI is InChI=1S/C68H102N18O18S/c1-39(2)26-50(66(101)78-48(61(70)96)16-25-105-7)80-67(102)52(29-45-32-71-38-75-45)77-55(88)33-74-68(103)60(40(3)4)82-62(97)41(5)76-65(100)51(27-44-31-72-47-11-9-8-10-46(44)47)81-64(99)49(14-15-54(69)87)79-63(98)42-12-13-43(53(28-42)104-6)30-73-56(89)34-83-17-19-84(35-57(90)91)21-23-86(37-59(94)95)24-22-85(20-18-83)36-58(92)93/h8-13,28,31-32,38-41,48-52,60,62,72,82,97H,14-27,29-30,33-37H2,1-7H3,(H2,69,87)(H2,70,96)(H,71,75)(H,73,89)(H,74,103)(H,76,100)(H,77,88)(H,78,101)(H,79,98)(H,80,102)(H,81,99)(H,90,91)(H,92,93)(H,94,95)/t41-,48-,49?,50?,51-,52-,60-,62?/m0/s1. The van der Waals surface area contributed by atoms with E-state index in [-0.39, 0.29) is 141 Å². The van der Waals surface area contributed by atoms with Gasteiger partial charge in [0, 0.05) is 118 Å². The molecule has 0 aliphatic carbocycles. The zero-order valence-electron chi connectivity index (χ0n) is 60.2. The topological polar surface area (TPSA) is 530 Å². The van der Waals surface area contributed by atoms with E-state index < -0.39 is 138 Å². The maximum atomic E-state index is 14.6. The van der Waals surface area contributed by atoms with Crippen molar-refractivity contribution < 1.29 is 87.5 Å². The molecule has 1 fully saturated rings. The van der Waals surface area contributed by atoms with E-state index in [0.29, 0.717) is 33.5 Å². The molecule has 0 radical (unpaired) electrons. The molecule has 3 heterocycles. The van der Waals surface area contributed by atoms with Gasteiger partial charge >= 0.3 is 17.9 Å². The number of para-hydroxylation sites is 1. The van der Waals surface area contributed by atoms with Crippen LogP contribution in [0, 0.1) is 11.8 Å². The number of carbonyl (C=O) groups is 13. The smallest absolute Gasteiger partial charge is 0.317 e. The number of aromatic nitrogens is 3. The highest BCUT2D eigenvalue weighted by Crippen LogP contribution is 2.23. The summed E-state index contributed by atoms with van der Waals surface area (Å²) >= 11 is 1.46. The zero-order valence-corrected chi connectivity index (χ0v) is 61.0. The van der Waals surface area contributed by atoms with Crippen LogP contribution < -0.4 is 64.1 Å². The Morgan fingerprint density at radius 2 is 1.16 bits per heavy atom. The van der Waals surface area contributed by atoms with Crippen LogP contribution in [0.3, 0.4) is 0 Å². The van der Waals surface area contributed by atoms with E-state index >= 15 is 0 Å². The van der Waals surface area contributed by atoms with Gasteiger partial charge in [-0.15, -0.1) is 0 Å². The monoisotopic (exact) mass is 1490 g/mol. The van der Waals surface area contributed by atoms with Gasteiger partial charge in [0.15, 0.2) is 0 Å². The summed E-state index contributed by atoms with van der Waals surface area (Å²) in [4.78, 5) is 188. The third-order valence-electron chi connectivity index (χ3n) is 17.2. The van der Waals surface area contributed by atoms with Crippen LogP contribution in [0.25, 0.3) is 10.9 Å². The second-order valence-corrected chi connectivity index (χ2v) is 27.4. The van der Waals surface area contributed by atoms with Gasteiger partial charge in [-0.3, -0.25) is 87.2 Å². The van der Waals surface area contributed by atoms with Crippen LogP contribution in [0.2, 0.25) is 0 Å². The van der Waals surface area contributed by atoms with Gasteiger partial charge in [-0.05, 0) is 73.8 Å². The van der Waals surface area contributed by atoms with E-state index in [0.717, 1.165) is 0 Å². The number of methoxy groups -OCH3 is 1. The van der Waals surface area contributed by atoms with Gasteiger partial charge in [0.1, 0.15) is 42.2 Å². The minimum Gasteiger partial charge on any atom is -0.496 e. The number of carboxylic acids is 3. The number of primary amides is 2. The minimum atomic E-state index is -1.66. The Labute approximate surface area is 612 Å². The average molecular weight is 1490 g/mol. The average Bonchev–Trinajstić information content (AvgIpc) is 1.77. The molecule has 3 unspecified atom stereocenters. The first-order chi connectivity index (χ1) is 49.8. The molecule has 37 heteroatoms. The van der Waals surface area contributed by atoms with Crippen molar-refractivity contribution in [1.29, 1.82) is 0 Å². The third-order valence-corrected chi connectivity index (χ3v) is 17.9. The van der Waals surface area contributed by atoms with E-state index in [1.165, 1.54) is 56.5 Å². The summed E-state index contributed by atoms with van der Waals surface area (Å²) in [6.07, 6.45) is 4.08. The van der Waals surface area contributed by atoms with Crippen molar-refractivity contribution >= 4 is 99.6 Å². The molecule has 36 nitrogen and oxygen atoms in total. The summed E-state index contributed by atoms with van der Waals surface area (Å²) in [7, 11) is 1.33. The molecular formula is C68H102N18O18S. The van der Waals surface area contributed by atoms with Crippen LogP contribution in [0.15, 0.2) is 61.2 Å². The second kappa shape index (κ2) is 43.5. The summed E-state index contributed by atoms with van der Waals surface area (Å²) < 4.78 is 5.63. The molecule has 0 saturated carbocycles. The molecule has 2 aromatic heterocycles. The minimum absolute atomic E-state index is 0.0224. The number of aliphatic carboxylic acids is 3. The number of nitrogens with one attached hydrogen (secondary N) is 11. The number of rotatable bonds is 42. The van der Waals surface area contributed by atoms with Gasteiger partial charge in [0.25, 0.3) is 5.91 Å². The van der Waals surface area contributed by atoms with Gasteiger partial charge in [-0.25, -0.2) is 4.98 Å². The van der Waals surface area contributed by atoms with Crippen LogP contribution in [-0.4, -0.2) is 285 Å². The molecule has 0 bridgehead atoms. The molecule has 1 aliphatic rings. The Kier molecular flexibility index (Phi) is 35.5. The predicted octanol–water partition coefficient (Wildman–Crippen LogP) is -3.38. The Morgan fingerprint density at radius 1 is 0.610 bits per heavy atom. The number of aliphatic hydroxyl groups excluding tert-OH is 1. The number of nitrogens with two attached hydrogens (primary N) is 2. The van der Waals surface area contributed by atoms with E-state index in [9.17, 15) is 82.8 Å². The number of H-pyrrole nitrogens is 2. The van der Waals surface area contributed by atoms with Gasteiger partial charge in [-0.1, -0.05) is 52.0 Å². The number of nitrogens with zero attached hydrogens (tertiary/aromatic N) is 5. The number of amides is 10. The first-order valence-corrected chi connectivity index (χ1v) is 35.8. The summed E-state index contributed by atoms with van der Waals surface area (Å²) in [5.74, 6) is -10.8. The first kappa shape index (κ1) is 85.9. The Balaban J connectivity index is 1.26. The van der Waals surface area contributed by atoms with Gasteiger partial charge < -0.3 is 89.1 Å². The summed E-state index contributed by atoms with van der Waals surface area (Å²) in [5.41, 5.74) is 13.3. The third kappa shape index (κ3) is 30.1. The van der Waals surface area contributed by atoms with Crippen molar-refractivity contribution in [1.82, 2.24) is 82.4 Å². The van der Waals surface area contributed by atoms with Crippen LogP contribution in [0.1, 0.15) is 87.5 Å². The maximum absolute atomic E-state index is 14.6. The SMILES string of the molecule is COc1cc(C(=O)NC(CCC(N)=O)C(=O)N[C@@H](Cc2c[nH]c3ccccc23)C(=O)N[C@@H](C)C(O)N[C@H](C(=O)NCC(=O)N[C@@H](Cc2cnc[nH]2)C(=O)NC(CC(C)C)C(=O)N[C@@H](CCSC)C(N)=O)C(C)C)ccc1CNC(=O)CN1CCN(CC(=O)O)CCN(CC(=O)O)CCN(CC(=O)O)CC1. The van der Waals surface area contributed by atoms with E-state index in [1.54, 1.807) is 63.9 Å². The van der Waals surface area contributed by atoms with Crippen LogP contribution >= 0.6 is 11.8 Å². The number of aliphatic hydroxyl groups is 1. The highest BCUT2D eigenvalue weighted by atomic mass is 32.2. The number of aromatic amines is 2. The van der Waals surface area contributed by atoms with E-state index in [2.05, 4.69) is 62.8 Å². The number of fused-ring (bicyclic) bond motifs is 1. The molecule has 8 atom stereocenters. The lowest BCUT2D eigenvalue weighted by atomic mass is 10.0. The fraction of sp³-hybridized carbons (Fsp3) is 0.559. The molecule has 19 N–H and O–H groups in total. The molecular weight excluding hydrogens is 1390 g/mol. The molecule has 2 aromatic carbocycles. The number of hydrogen-bond donors (Lipinski definition) is 17. The molecule has 1 aliphatic heterocycles. The first-order valence-electron chi connectivity index (χ1n) is 34.4. The number of carbonyl (C=O) groups excluding carboxylic acids is 10. The number of thioether (sulfide) groups is 1. The maximum Gasteiger partial charge on any atom is 0.317 e. The van der Waals surface area contributed by atoms with Crippen LogP contribution in [0.4, 0.5) is 0 Å². The van der Waals surface area contributed by atoms with Crippen molar-refractivity contribution in [2.75, 3.05) is 104 Å². The van der Waals surface area contributed by atoms with Crippen molar-refractivity contribution in [3.05, 3.63) is 83.6 Å². The van der Waals surface area contributed by atoms with Crippen LogP contribution in [0.5, 0.6) is 5.75 Å². The molecule has 105 heavy (non-hydrogen) atoms. The van der Waals surface area contributed by atoms with Crippen molar-refractivity contribution in [3.8, 4) is 5.75 Å². The Hall–Kier alpha value is -9.79. The van der Waals surface area contributed by atoms with Gasteiger partial charge in [-0.2, -0.15) is 11.8 Å². The highest BCUT2D eigenvalue weighted by Gasteiger charge is 2.35. The molecule has 1 saturated heterocycles. The van der Waals surface area contributed by atoms with Crippen molar-refractivity contribution in [3.63, 3.8) is 0 Å². The predicted molar refractivity (Wildman–Crippen MR) is 385 cm³/mol. The summed E-state index contributed by atoms with van der Waals surface area (Å²) in [5, 5.41) is 65.2. The number of carboxylic acid groups (broad SMARTS) is 3. The molecule has 578 valence electrons. The van der Waals surface area contributed by atoms with Gasteiger partial charge in [0.2, 0.25) is 53.2 Å². The lowest BCUT2D eigenvalue weighted by Gasteiger charge is -2.32. The van der Waals surface area contributed by atoms with E-state index in [4.69, 9.17) is 16.2 Å². The fourth-order valence-corrected chi connectivity index (χ4v) is 12.0. The number of hydrogen-bond acceptors (Lipinski definition) is 22. The Morgan fingerprint density at radius 3 is 1.70 bits per heavy atom. The largest absolute Gasteiger partial charge is 0.496 e. The molecule has 0 spiro atoms. The molecule has 4 aromatic rings. The zero-order chi connectivity index (χ0) is 77.4. The summed E-state index contributed by atoms with van der Waals surface area (Å²) in [6, 6.07) is 2.68. The van der Waals surface area contributed by atoms with Crippen molar-refractivity contribution in [2.24, 2.45) is 23.3 Å².